The number of anilines is 1. The predicted octanol–water partition coefficient (Wildman–Crippen LogP) is 3.21. The summed E-state index contributed by atoms with van der Waals surface area (Å²) < 4.78 is 0. The number of aryl methyl sites for hydroxylation is 2. The molecule has 2 aromatic carbocycles. The molecule has 2 rings (SSSR count). The van der Waals surface area contributed by atoms with Crippen LogP contribution in [-0.4, -0.2) is 18.9 Å². The molecular formula is C20H19N3O2. The zero-order valence-corrected chi connectivity index (χ0v) is 14.4. The molecule has 126 valence electrons. The third kappa shape index (κ3) is 4.55. The fraction of sp³-hybridized carbons (Fsp3) is 0.150. The second kappa shape index (κ2) is 7.93. The first-order valence-electron chi connectivity index (χ1n) is 7.77. The second-order valence-corrected chi connectivity index (χ2v) is 5.64. The van der Waals surface area contributed by atoms with E-state index in [2.05, 4.69) is 10.6 Å². The van der Waals surface area contributed by atoms with Crippen LogP contribution in [0.25, 0.3) is 6.08 Å². The SMILES string of the molecule is CNC(=O)c1ccc(/C=C(/C#N)C(=O)Nc2cc(C)ccc2C)cc1. The molecule has 0 bridgehead atoms. The molecular weight excluding hydrogens is 314 g/mol. The van der Waals surface area contributed by atoms with Crippen LogP contribution >= 0.6 is 0 Å². The van der Waals surface area contributed by atoms with Gasteiger partial charge in [0.15, 0.2) is 0 Å². The highest BCUT2D eigenvalue weighted by Crippen LogP contribution is 2.18. The van der Waals surface area contributed by atoms with Crippen LogP contribution in [0.4, 0.5) is 5.69 Å². The minimum absolute atomic E-state index is 0.00593. The van der Waals surface area contributed by atoms with Crippen LogP contribution in [0.2, 0.25) is 0 Å². The summed E-state index contributed by atoms with van der Waals surface area (Å²) in [5.41, 5.74) is 3.80. The van der Waals surface area contributed by atoms with Crippen molar-refractivity contribution < 1.29 is 9.59 Å². The van der Waals surface area contributed by atoms with E-state index in [4.69, 9.17) is 0 Å². The number of carbonyl (C=O) groups is 2. The van der Waals surface area contributed by atoms with Gasteiger partial charge in [0.05, 0.1) is 0 Å². The van der Waals surface area contributed by atoms with Gasteiger partial charge in [-0.05, 0) is 54.8 Å². The van der Waals surface area contributed by atoms with Gasteiger partial charge in [0.1, 0.15) is 11.6 Å². The number of nitrogens with zero attached hydrogens (tertiary/aromatic N) is 1. The maximum absolute atomic E-state index is 12.4. The summed E-state index contributed by atoms with van der Waals surface area (Å²) in [6.07, 6.45) is 1.49. The standard InChI is InChI=1S/C20H19N3O2/c1-13-4-5-14(2)18(10-13)23-20(25)17(12-21)11-15-6-8-16(9-7-15)19(24)22-3/h4-11H,1-3H3,(H,22,24)(H,23,25)/b17-11-. The Morgan fingerprint density at radius 2 is 1.76 bits per heavy atom. The van der Waals surface area contributed by atoms with Crippen LogP contribution in [0, 0.1) is 25.2 Å². The third-order valence-corrected chi connectivity index (χ3v) is 3.72. The molecule has 0 aliphatic heterocycles. The Morgan fingerprint density at radius 1 is 1.08 bits per heavy atom. The number of benzene rings is 2. The number of nitrogens with one attached hydrogen (secondary N) is 2. The van der Waals surface area contributed by atoms with Crippen molar-refractivity contribution in [3.63, 3.8) is 0 Å². The molecule has 2 amide bonds. The van der Waals surface area contributed by atoms with E-state index in [1.54, 1.807) is 31.3 Å². The van der Waals surface area contributed by atoms with E-state index in [0.717, 1.165) is 11.1 Å². The van der Waals surface area contributed by atoms with Gasteiger partial charge in [-0.2, -0.15) is 5.26 Å². The topological polar surface area (TPSA) is 82.0 Å². The van der Waals surface area contributed by atoms with E-state index in [-0.39, 0.29) is 11.5 Å². The fourth-order valence-electron chi connectivity index (χ4n) is 2.25. The van der Waals surface area contributed by atoms with Gasteiger partial charge in [-0.15, -0.1) is 0 Å². The number of hydrogen-bond donors (Lipinski definition) is 2. The summed E-state index contributed by atoms with van der Waals surface area (Å²) in [5.74, 6) is -0.657. The first kappa shape index (κ1) is 18.0. The zero-order chi connectivity index (χ0) is 18.4. The van der Waals surface area contributed by atoms with Crippen molar-refractivity contribution in [2.24, 2.45) is 0 Å². The minimum Gasteiger partial charge on any atom is -0.355 e. The highest BCUT2D eigenvalue weighted by atomic mass is 16.2. The van der Waals surface area contributed by atoms with E-state index in [9.17, 15) is 14.9 Å². The highest BCUT2D eigenvalue weighted by molar-refractivity contribution is 6.10. The smallest absolute Gasteiger partial charge is 0.266 e. The van der Waals surface area contributed by atoms with E-state index in [1.165, 1.54) is 6.08 Å². The molecule has 0 atom stereocenters. The molecule has 0 fully saturated rings. The Labute approximate surface area is 147 Å². The first-order chi connectivity index (χ1) is 11.9. The van der Waals surface area contributed by atoms with Crippen LogP contribution < -0.4 is 10.6 Å². The van der Waals surface area contributed by atoms with Crippen molar-refractivity contribution in [3.05, 3.63) is 70.3 Å². The molecule has 0 aliphatic carbocycles. The zero-order valence-electron chi connectivity index (χ0n) is 14.4. The first-order valence-corrected chi connectivity index (χ1v) is 7.77. The normalized spacial score (nSPS) is 10.7. The maximum atomic E-state index is 12.4. The number of carbonyl (C=O) groups excluding carboxylic acids is 2. The quantitative estimate of drug-likeness (QED) is 0.666. The summed E-state index contributed by atoms with van der Waals surface area (Å²) in [6, 6.07) is 14.3. The number of hydrogen-bond acceptors (Lipinski definition) is 3. The Hall–Kier alpha value is -3.39. The molecule has 0 heterocycles. The molecule has 5 heteroatoms. The third-order valence-electron chi connectivity index (χ3n) is 3.72. The lowest BCUT2D eigenvalue weighted by Gasteiger charge is -2.09. The molecule has 25 heavy (non-hydrogen) atoms. The Morgan fingerprint density at radius 3 is 2.36 bits per heavy atom. The lowest BCUT2D eigenvalue weighted by molar-refractivity contribution is -0.112. The van der Waals surface area contributed by atoms with Gasteiger partial charge < -0.3 is 10.6 Å². The Balaban J connectivity index is 2.22. The van der Waals surface area contributed by atoms with E-state index in [1.807, 2.05) is 38.1 Å². The molecule has 0 radical (unpaired) electrons. The lowest BCUT2D eigenvalue weighted by Crippen LogP contribution is -2.17. The van der Waals surface area contributed by atoms with Crippen molar-refractivity contribution in [2.75, 3.05) is 12.4 Å². The molecule has 0 aromatic heterocycles. The van der Waals surface area contributed by atoms with Gasteiger partial charge in [-0.1, -0.05) is 24.3 Å². The van der Waals surface area contributed by atoms with Crippen LogP contribution in [0.5, 0.6) is 0 Å². The van der Waals surface area contributed by atoms with Crippen molar-refractivity contribution in [2.45, 2.75) is 13.8 Å². The van der Waals surface area contributed by atoms with Crippen LogP contribution in [0.1, 0.15) is 27.0 Å². The monoisotopic (exact) mass is 333 g/mol. The summed E-state index contributed by atoms with van der Waals surface area (Å²) in [7, 11) is 1.56. The van der Waals surface area contributed by atoms with Gasteiger partial charge in [0, 0.05) is 18.3 Å². The van der Waals surface area contributed by atoms with Gasteiger partial charge in [0.25, 0.3) is 11.8 Å². The summed E-state index contributed by atoms with van der Waals surface area (Å²) in [5, 5.41) is 14.6. The average molecular weight is 333 g/mol. The summed E-state index contributed by atoms with van der Waals surface area (Å²) in [4.78, 5) is 23.9. The molecule has 0 saturated heterocycles. The summed E-state index contributed by atoms with van der Waals surface area (Å²) >= 11 is 0. The molecule has 2 N–H and O–H groups in total. The number of nitriles is 1. The Kier molecular flexibility index (Phi) is 5.70. The van der Waals surface area contributed by atoms with E-state index in [0.29, 0.717) is 16.8 Å². The average Bonchev–Trinajstić information content (AvgIpc) is 2.62. The van der Waals surface area contributed by atoms with Crippen molar-refractivity contribution in [1.82, 2.24) is 5.32 Å². The molecule has 5 nitrogen and oxygen atoms in total. The molecule has 2 aromatic rings. The predicted molar refractivity (Wildman–Crippen MR) is 98.0 cm³/mol. The van der Waals surface area contributed by atoms with Gasteiger partial charge in [-0.25, -0.2) is 0 Å². The van der Waals surface area contributed by atoms with E-state index < -0.39 is 5.91 Å². The molecule has 0 aliphatic rings. The second-order valence-electron chi connectivity index (χ2n) is 5.64. The van der Waals surface area contributed by atoms with Crippen molar-refractivity contribution in [3.8, 4) is 6.07 Å². The van der Waals surface area contributed by atoms with Crippen LogP contribution in [0.15, 0.2) is 48.0 Å². The largest absolute Gasteiger partial charge is 0.355 e. The van der Waals surface area contributed by atoms with Gasteiger partial charge in [0.2, 0.25) is 0 Å². The Bertz CT molecular complexity index is 875. The van der Waals surface area contributed by atoms with Crippen molar-refractivity contribution in [1.29, 1.82) is 5.26 Å². The fourth-order valence-corrected chi connectivity index (χ4v) is 2.25. The number of amides is 2. The summed E-state index contributed by atoms with van der Waals surface area (Å²) in [6.45, 7) is 3.83. The van der Waals surface area contributed by atoms with Crippen LogP contribution in [0.3, 0.4) is 0 Å². The minimum atomic E-state index is -0.466. The van der Waals surface area contributed by atoms with Crippen LogP contribution in [-0.2, 0) is 4.79 Å². The lowest BCUT2D eigenvalue weighted by atomic mass is 10.1. The maximum Gasteiger partial charge on any atom is 0.266 e. The molecule has 0 unspecified atom stereocenters. The molecule has 0 spiro atoms. The molecule has 0 saturated carbocycles. The highest BCUT2D eigenvalue weighted by Gasteiger charge is 2.11. The van der Waals surface area contributed by atoms with Crippen molar-refractivity contribution >= 4 is 23.6 Å². The van der Waals surface area contributed by atoms with E-state index >= 15 is 0 Å². The van der Waals surface area contributed by atoms with Gasteiger partial charge in [-0.3, -0.25) is 9.59 Å². The van der Waals surface area contributed by atoms with Gasteiger partial charge >= 0.3 is 0 Å². The number of rotatable bonds is 4.